The summed E-state index contributed by atoms with van der Waals surface area (Å²) < 4.78 is 0. The summed E-state index contributed by atoms with van der Waals surface area (Å²) in [6.45, 7) is 2.69. The predicted molar refractivity (Wildman–Crippen MR) is 79.9 cm³/mol. The zero-order valence-electron chi connectivity index (χ0n) is 11.6. The first-order valence-electron chi connectivity index (χ1n) is 6.90. The second-order valence-electron chi connectivity index (χ2n) is 5.14. The molecule has 0 radical (unpaired) electrons. The Morgan fingerprint density at radius 3 is 2.90 bits per heavy atom. The SMILES string of the molecule is Cc1ccc(NC(=O)CN2CCCCCC2=O)cc1Cl. The van der Waals surface area contributed by atoms with Gasteiger partial charge in [0.05, 0.1) is 6.54 Å². The lowest BCUT2D eigenvalue weighted by molar-refractivity contribution is -0.134. The van der Waals surface area contributed by atoms with Gasteiger partial charge in [-0.3, -0.25) is 9.59 Å². The summed E-state index contributed by atoms with van der Waals surface area (Å²) in [4.78, 5) is 25.4. The number of hydrogen-bond acceptors (Lipinski definition) is 2. The molecule has 20 heavy (non-hydrogen) atoms. The average molecular weight is 295 g/mol. The Labute approximate surface area is 124 Å². The highest BCUT2D eigenvalue weighted by molar-refractivity contribution is 6.31. The van der Waals surface area contributed by atoms with Gasteiger partial charge in [0, 0.05) is 23.7 Å². The number of carbonyl (C=O) groups is 2. The molecule has 0 atom stereocenters. The van der Waals surface area contributed by atoms with Crippen LogP contribution >= 0.6 is 11.6 Å². The normalized spacial score (nSPS) is 15.9. The van der Waals surface area contributed by atoms with Crippen molar-refractivity contribution in [2.75, 3.05) is 18.4 Å². The van der Waals surface area contributed by atoms with Crippen molar-refractivity contribution in [1.82, 2.24) is 4.90 Å². The van der Waals surface area contributed by atoms with Crippen LogP contribution in [-0.4, -0.2) is 29.8 Å². The molecule has 0 spiro atoms. The van der Waals surface area contributed by atoms with E-state index in [4.69, 9.17) is 11.6 Å². The molecule has 1 N–H and O–H groups in total. The molecule has 0 aromatic heterocycles. The van der Waals surface area contributed by atoms with E-state index in [0.717, 1.165) is 24.8 Å². The number of benzene rings is 1. The Morgan fingerprint density at radius 1 is 1.35 bits per heavy atom. The van der Waals surface area contributed by atoms with Gasteiger partial charge in [-0.1, -0.05) is 24.1 Å². The lowest BCUT2D eigenvalue weighted by Crippen LogP contribution is -2.37. The van der Waals surface area contributed by atoms with Crippen molar-refractivity contribution >= 4 is 29.1 Å². The van der Waals surface area contributed by atoms with Crippen LogP contribution in [0.4, 0.5) is 5.69 Å². The fourth-order valence-electron chi connectivity index (χ4n) is 2.25. The molecule has 4 nitrogen and oxygen atoms in total. The van der Waals surface area contributed by atoms with Crippen LogP contribution in [0.2, 0.25) is 5.02 Å². The molecule has 1 aromatic rings. The molecule has 1 aromatic carbocycles. The van der Waals surface area contributed by atoms with Crippen LogP contribution in [0.25, 0.3) is 0 Å². The second-order valence-corrected chi connectivity index (χ2v) is 5.55. The predicted octanol–water partition coefficient (Wildman–Crippen LogP) is 2.99. The van der Waals surface area contributed by atoms with Gasteiger partial charge < -0.3 is 10.2 Å². The zero-order valence-corrected chi connectivity index (χ0v) is 12.4. The number of anilines is 1. The minimum atomic E-state index is -0.180. The minimum absolute atomic E-state index is 0.0691. The molecule has 108 valence electrons. The summed E-state index contributed by atoms with van der Waals surface area (Å²) in [5.74, 6) is -0.111. The molecule has 5 heteroatoms. The highest BCUT2D eigenvalue weighted by Gasteiger charge is 2.19. The van der Waals surface area contributed by atoms with Crippen molar-refractivity contribution < 1.29 is 9.59 Å². The minimum Gasteiger partial charge on any atom is -0.333 e. The standard InChI is InChI=1S/C15H19ClN2O2/c1-11-6-7-12(9-13(11)16)17-14(19)10-18-8-4-2-3-5-15(18)20/h6-7,9H,2-5,8,10H2,1H3,(H,17,19). The molecule has 1 saturated heterocycles. The monoisotopic (exact) mass is 294 g/mol. The van der Waals surface area contributed by atoms with Gasteiger partial charge in [-0.15, -0.1) is 0 Å². The summed E-state index contributed by atoms with van der Waals surface area (Å²) in [6.07, 6.45) is 3.49. The second kappa shape index (κ2) is 6.75. The Morgan fingerprint density at radius 2 is 2.15 bits per heavy atom. The Kier molecular flexibility index (Phi) is 5.01. The largest absolute Gasteiger partial charge is 0.333 e. The third kappa shape index (κ3) is 3.97. The number of likely N-dealkylation sites (tertiary alicyclic amines) is 1. The maximum absolute atomic E-state index is 12.0. The van der Waals surface area contributed by atoms with Gasteiger partial charge in [0.1, 0.15) is 0 Å². The van der Waals surface area contributed by atoms with Crippen LogP contribution in [0.5, 0.6) is 0 Å². The quantitative estimate of drug-likeness (QED) is 0.931. The van der Waals surface area contributed by atoms with Crippen LogP contribution < -0.4 is 5.32 Å². The summed E-state index contributed by atoms with van der Waals surface area (Å²) in [5, 5.41) is 3.40. The smallest absolute Gasteiger partial charge is 0.243 e. The van der Waals surface area contributed by atoms with E-state index in [2.05, 4.69) is 5.32 Å². The van der Waals surface area contributed by atoms with E-state index in [1.165, 1.54) is 0 Å². The van der Waals surface area contributed by atoms with Gasteiger partial charge in [0.2, 0.25) is 11.8 Å². The summed E-state index contributed by atoms with van der Waals surface area (Å²) in [7, 11) is 0. The first kappa shape index (κ1) is 14.9. The molecule has 1 heterocycles. The lowest BCUT2D eigenvalue weighted by Gasteiger charge is -2.19. The number of carbonyl (C=O) groups excluding carboxylic acids is 2. The molecule has 0 unspecified atom stereocenters. The maximum atomic E-state index is 12.0. The van der Waals surface area contributed by atoms with Crippen LogP contribution in [-0.2, 0) is 9.59 Å². The number of halogens is 1. The van der Waals surface area contributed by atoms with Crippen molar-refractivity contribution in [3.63, 3.8) is 0 Å². The van der Waals surface area contributed by atoms with Crippen LogP contribution in [0.3, 0.4) is 0 Å². The Hall–Kier alpha value is -1.55. The number of rotatable bonds is 3. The molecular weight excluding hydrogens is 276 g/mol. The average Bonchev–Trinajstić information content (AvgIpc) is 2.59. The summed E-state index contributed by atoms with van der Waals surface area (Å²) >= 11 is 6.02. The Balaban J connectivity index is 1.94. The molecular formula is C15H19ClN2O2. The summed E-state index contributed by atoms with van der Waals surface area (Å²) in [6, 6.07) is 5.39. The Bertz CT molecular complexity index is 517. The number of hydrogen-bond donors (Lipinski definition) is 1. The number of nitrogens with one attached hydrogen (secondary N) is 1. The third-order valence-electron chi connectivity index (χ3n) is 3.46. The molecule has 1 aliphatic heterocycles. The molecule has 0 saturated carbocycles. The van der Waals surface area contributed by atoms with E-state index in [0.29, 0.717) is 23.7 Å². The molecule has 1 fully saturated rings. The van der Waals surface area contributed by atoms with Gasteiger partial charge in [-0.25, -0.2) is 0 Å². The molecule has 0 bridgehead atoms. The lowest BCUT2D eigenvalue weighted by atomic mass is 10.2. The highest BCUT2D eigenvalue weighted by atomic mass is 35.5. The third-order valence-corrected chi connectivity index (χ3v) is 3.87. The fourth-order valence-corrected chi connectivity index (χ4v) is 2.43. The zero-order chi connectivity index (χ0) is 14.5. The van der Waals surface area contributed by atoms with E-state index in [-0.39, 0.29) is 18.4 Å². The van der Waals surface area contributed by atoms with E-state index in [1.54, 1.807) is 11.0 Å². The van der Waals surface area contributed by atoms with Crippen molar-refractivity contribution in [2.24, 2.45) is 0 Å². The van der Waals surface area contributed by atoms with Crippen molar-refractivity contribution in [1.29, 1.82) is 0 Å². The highest BCUT2D eigenvalue weighted by Crippen LogP contribution is 2.20. The first-order chi connectivity index (χ1) is 9.56. The number of amides is 2. The molecule has 0 aliphatic carbocycles. The first-order valence-corrected chi connectivity index (χ1v) is 7.28. The van der Waals surface area contributed by atoms with Gasteiger partial charge in [-0.2, -0.15) is 0 Å². The van der Waals surface area contributed by atoms with Crippen molar-refractivity contribution in [3.05, 3.63) is 28.8 Å². The molecule has 2 rings (SSSR count). The van der Waals surface area contributed by atoms with Gasteiger partial charge in [-0.05, 0) is 37.5 Å². The van der Waals surface area contributed by atoms with Crippen LogP contribution in [0.15, 0.2) is 18.2 Å². The van der Waals surface area contributed by atoms with Gasteiger partial charge in [0.25, 0.3) is 0 Å². The van der Waals surface area contributed by atoms with Crippen LogP contribution in [0, 0.1) is 6.92 Å². The van der Waals surface area contributed by atoms with Crippen molar-refractivity contribution in [3.8, 4) is 0 Å². The van der Waals surface area contributed by atoms with Gasteiger partial charge in [0.15, 0.2) is 0 Å². The van der Waals surface area contributed by atoms with E-state index >= 15 is 0 Å². The number of aryl methyl sites for hydroxylation is 1. The molecule has 1 aliphatic rings. The van der Waals surface area contributed by atoms with Crippen LogP contribution in [0.1, 0.15) is 31.2 Å². The van der Waals surface area contributed by atoms with E-state index in [9.17, 15) is 9.59 Å². The van der Waals surface area contributed by atoms with Gasteiger partial charge >= 0.3 is 0 Å². The van der Waals surface area contributed by atoms with E-state index < -0.39 is 0 Å². The van der Waals surface area contributed by atoms with Crippen molar-refractivity contribution in [2.45, 2.75) is 32.6 Å². The molecule has 2 amide bonds. The van der Waals surface area contributed by atoms with E-state index in [1.807, 2.05) is 19.1 Å². The topological polar surface area (TPSA) is 49.4 Å². The maximum Gasteiger partial charge on any atom is 0.243 e. The fraction of sp³-hybridized carbons (Fsp3) is 0.467. The number of nitrogens with zero attached hydrogens (tertiary/aromatic N) is 1. The summed E-state index contributed by atoms with van der Waals surface area (Å²) in [5.41, 5.74) is 1.63.